The van der Waals surface area contributed by atoms with Crippen molar-refractivity contribution >= 4 is 11.9 Å². The number of carbonyl (C=O) groups is 2. The molecule has 2 atom stereocenters. The second-order valence-corrected chi connectivity index (χ2v) is 6.16. The highest BCUT2D eigenvalue weighted by Crippen LogP contribution is 2.09. The molecule has 0 aromatic heterocycles. The molecule has 0 spiro atoms. The number of hydrogen-bond acceptors (Lipinski definition) is 3. The molecule has 2 N–H and O–H groups in total. The summed E-state index contributed by atoms with van der Waals surface area (Å²) in [5.74, 6) is -0.578. The molecule has 1 heterocycles. The molecule has 0 radical (unpaired) electrons. The van der Waals surface area contributed by atoms with Crippen molar-refractivity contribution < 1.29 is 23.6 Å². The van der Waals surface area contributed by atoms with E-state index in [-0.39, 0.29) is 23.6 Å². The van der Waals surface area contributed by atoms with Gasteiger partial charge in [-0.2, -0.15) is 0 Å². The van der Waals surface area contributed by atoms with Crippen LogP contribution in [0.15, 0.2) is 24.3 Å². The normalized spacial score (nSPS) is 20.4. The van der Waals surface area contributed by atoms with Crippen molar-refractivity contribution in [1.82, 2.24) is 5.32 Å². The number of benzene rings is 1. The maximum absolute atomic E-state index is 13.5. The summed E-state index contributed by atoms with van der Waals surface area (Å²) >= 11 is 0. The summed E-state index contributed by atoms with van der Waals surface area (Å²) in [5, 5.41) is 2.83. The fraction of sp³-hybridized carbons (Fsp3) is 0.556. The number of rotatable bonds is 7. The van der Waals surface area contributed by atoms with Gasteiger partial charge in [0.25, 0.3) is 5.91 Å². The monoisotopic (exact) mass is 337 g/mol. The van der Waals surface area contributed by atoms with Gasteiger partial charge in [-0.05, 0) is 37.8 Å². The Morgan fingerprint density at radius 2 is 2.17 bits per heavy atom. The molecule has 0 saturated carbocycles. The zero-order chi connectivity index (χ0) is 17.4. The lowest BCUT2D eigenvalue weighted by Crippen LogP contribution is -3.14. The molecule has 0 aliphatic carbocycles. The maximum Gasteiger partial charge on any atom is 0.314 e. The highest BCUT2D eigenvalue weighted by molar-refractivity contribution is 5.77. The van der Waals surface area contributed by atoms with Crippen LogP contribution in [0.3, 0.4) is 0 Å². The Balaban J connectivity index is 1.72. The molecule has 132 valence electrons. The minimum absolute atomic E-state index is 0.0640. The third-order valence-electron chi connectivity index (χ3n) is 4.32. The number of ether oxygens (including phenoxy) is 1. The van der Waals surface area contributed by atoms with Gasteiger partial charge < -0.3 is 15.0 Å². The fourth-order valence-corrected chi connectivity index (χ4v) is 3.10. The van der Waals surface area contributed by atoms with E-state index in [1.54, 1.807) is 25.1 Å². The second-order valence-electron chi connectivity index (χ2n) is 6.16. The van der Waals surface area contributed by atoms with E-state index in [0.717, 1.165) is 24.3 Å². The molecule has 1 amide bonds. The van der Waals surface area contributed by atoms with E-state index in [1.165, 1.54) is 6.07 Å². The van der Waals surface area contributed by atoms with E-state index in [9.17, 15) is 14.0 Å². The first-order chi connectivity index (χ1) is 11.6. The number of piperidine rings is 1. The molecule has 0 bridgehead atoms. The number of quaternary nitrogens is 1. The molecule has 24 heavy (non-hydrogen) atoms. The topological polar surface area (TPSA) is 59.8 Å². The predicted molar refractivity (Wildman–Crippen MR) is 88.0 cm³/mol. The van der Waals surface area contributed by atoms with Crippen LogP contribution in [-0.4, -0.2) is 44.7 Å². The molecule has 1 aliphatic rings. The third kappa shape index (κ3) is 5.60. The van der Waals surface area contributed by atoms with Crippen LogP contribution in [0.25, 0.3) is 0 Å². The summed E-state index contributed by atoms with van der Waals surface area (Å²) in [4.78, 5) is 25.0. The van der Waals surface area contributed by atoms with Crippen LogP contribution in [0.4, 0.5) is 4.39 Å². The van der Waals surface area contributed by atoms with E-state index in [1.807, 2.05) is 0 Å². The van der Waals surface area contributed by atoms with Gasteiger partial charge in [-0.15, -0.1) is 0 Å². The molecule has 5 nitrogen and oxygen atoms in total. The SMILES string of the molecule is CCOC(=O)[C@H]1CCC[NH+](CC(=O)NCCc2ccccc2F)C1. The Morgan fingerprint density at radius 3 is 2.92 bits per heavy atom. The van der Waals surface area contributed by atoms with Gasteiger partial charge >= 0.3 is 5.97 Å². The zero-order valence-electron chi connectivity index (χ0n) is 14.1. The van der Waals surface area contributed by atoms with Gasteiger partial charge in [0.05, 0.1) is 19.7 Å². The Bertz CT molecular complexity index is 565. The first-order valence-corrected chi connectivity index (χ1v) is 8.60. The Labute approximate surface area is 142 Å². The standard InChI is InChI=1S/C18H25FN2O3/c1-2-24-18(23)15-7-5-11-21(12-15)13-17(22)20-10-9-14-6-3-4-8-16(14)19/h3-4,6,8,15H,2,5,7,9-13H2,1H3,(H,20,22)/p+1/t15-/m0/s1. The summed E-state index contributed by atoms with van der Waals surface area (Å²) in [6.45, 7) is 4.47. The van der Waals surface area contributed by atoms with Crippen LogP contribution in [-0.2, 0) is 20.7 Å². The van der Waals surface area contributed by atoms with Crippen molar-refractivity contribution in [1.29, 1.82) is 0 Å². The molecule has 1 unspecified atom stereocenters. The van der Waals surface area contributed by atoms with E-state index in [0.29, 0.717) is 38.2 Å². The number of likely N-dealkylation sites (tertiary alicyclic amines) is 1. The molecule has 6 heteroatoms. The number of hydrogen-bond donors (Lipinski definition) is 2. The van der Waals surface area contributed by atoms with Crippen LogP contribution >= 0.6 is 0 Å². The molecular formula is C18H26FN2O3+. The highest BCUT2D eigenvalue weighted by Gasteiger charge is 2.30. The molecule has 2 rings (SSSR count). The number of carbonyl (C=O) groups excluding carboxylic acids is 2. The third-order valence-corrected chi connectivity index (χ3v) is 4.32. The summed E-state index contributed by atoms with van der Waals surface area (Å²) in [5.41, 5.74) is 0.602. The van der Waals surface area contributed by atoms with Gasteiger partial charge in [0.2, 0.25) is 0 Å². The van der Waals surface area contributed by atoms with Crippen molar-refractivity contribution in [3.05, 3.63) is 35.6 Å². The van der Waals surface area contributed by atoms with Crippen molar-refractivity contribution in [2.45, 2.75) is 26.2 Å². The Hall–Kier alpha value is -1.95. The summed E-state index contributed by atoms with van der Waals surface area (Å²) in [6, 6.07) is 6.58. The van der Waals surface area contributed by atoms with Crippen LogP contribution in [0, 0.1) is 11.7 Å². The van der Waals surface area contributed by atoms with E-state index in [4.69, 9.17) is 4.74 Å². The Morgan fingerprint density at radius 1 is 1.38 bits per heavy atom. The van der Waals surface area contributed by atoms with Gasteiger partial charge in [-0.3, -0.25) is 9.59 Å². The minimum Gasteiger partial charge on any atom is -0.466 e. The number of amides is 1. The lowest BCUT2D eigenvalue weighted by atomic mass is 9.98. The molecular weight excluding hydrogens is 311 g/mol. The van der Waals surface area contributed by atoms with Crippen molar-refractivity contribution in [2.75, 3.05) is 32.8 Å². The molecule has 1 aliphatic heterocycles. The van der Waals surface area contributed by atoms with Crippen LogP contribution < -0.4 is 10.2 Å². The summed E-state index contributed by atoms with van der Waals surface area (Å²) in [7, 11) is 0. The van der Waals surface area contributed by atoms with Crippen LogP contribution in [0.5, 0.6) is 0 Å². The average Bonchev–Trinajstić information content (AvgIpc) is 2.57. The summed E-state index contributed by atoms with van der Waals surface area (Å²) < 4.78 is 18.6. The van der Waals surface area contributed by atoms with Crippen LogP contribution in [0.2, 0.25) is 0 Å². The lowest BCUT2D eigenvalue weighted by molar-refractivity contribution is -0.899. The quantitative estimate of drug-likeness (QED) is 0.706. The number of halogens is 1. The molecule has 1 aromatic rings. The minimum atomic E-state index is -0.245. The van der Waals surface area contributed by atoms with E-state index < -0.39 is 0 Å². The maximum atomic E-state index is 13.5. The fourth-order valence-electron chi connectivity index (χ4n) is 3.10. The average molecular weight is 337 g/mol. The van der Waals surface area contributed by atoms with Gasteiger partial charge in [-0.1, -0.05) is 18.2 Å². The molecule has 1 aromatic carbocycles. The van der Waals surface area contributed by atoms with Gasteiger partial charge in [0.1, 0.15) is 11.7 Å². The zero-order valence-corrected chi connectivity index (χ0v) is 14.1. The van der Waals surface area contributed by atoms with E-state index in [2.05, 4.69) is 5.32 Å². The number of esters is 1. The lowest BCUT2D eigenvalue weighted by Gasteiger charge is -2.28. The van der Waals surface area contributed by atoms with Crippen molar-refractivity contribution in [3.63, 3.8) is 0 Å². The molecule has 1 saturated heterocycles. The van der Waals surface area contributed by atoms with E-state index >= 15 is 0 Å². The van der Waals surface area contributed by atoms with Crippen molar-refractivity contribution in [2.24, 2.45) is 5.92 Å². The Kier molecular flexibility index (Phi) is 7.18. The first-order valence-electron chi connectivity index (χ1n) is 8.60. The predicted octanol–water partition coefficient (Wildman–Crippen LogP) is 0.342. The molecule has 1 fully saturated rings. The summed E-state index contributed by atoms with van der Waals surface area (Å²) in [6.07, 6.45) is 2.22. The van der Waals surface area contributed by atoms with Gasteiger partial charge in [0, 0.05) is 6.54 Å². The smallest absolute Gasteiger partial charge is 0.314 e. The largest absolute Gasteiger partial charge is 0.466 e. The van der Waals surface area contributed by atoms with Crippen molar-refractivity contribution in [3.8, 4) is 0 Å². The first kappa shape index (κ1) is 18.4. The van der Waals surface area contributed by atoms with Crippen LogP contribution in [0.1, 0.15) is 25.3 Å². The second kappa shape index (κ2) is 9.37. The number of nitrogens with one attached hydrogen (secondary N) is 2. The highest BCUT2D eigenvalue weighted by atomic mass is 19.1. The van der Waals surface area contributed by atoms with Gasteiger partial charge in [-0.25, -0.2) is 4.39 Å². The van der Waals surface area contributed by atoms with Gasteiger partial charge in [0.15, 0.2) is 6.54 Å².